The van der Waals surface area contributed by atoms with Crippen LogP contribution in [0, 0.1) is 11.3 Å². The van der Waals surface area contributed by atoms with Crippen molar-refractivity contribution in [3.63, 3.8) is 0 Å². The van der Waals surface area contributed by atoms with Gasteiger partial charge in [-0.2, -0.15) is 5.26 Å². The van der Waals surface area contributed by atoms with Crippen molar-refractivity contribution in [2.75, 3.05) is 7.04 Å². The standard InChI is InChI=1S/C9H9NO/c1-11-9-4-2-8(3-5-9)6-7-10/h2-5H,6H2,1H3/i1D3. The van der Waals surface area contributed by atoms with E-state index >= 15 is 0 Å². The summed E-state index contributed by atoms with van der Waals surface area (Å²) >= 11 is 0. The van der Waals surface area contributed by atoms with Crippen LogP contribution in [0.4, 0.5) is 0 Å². The number of rotatable bonds is 2. The number of ether oxygens (including phenoxy) is 1. The number of nitriles is 1. The van der Waals surface area contributed by atoms with Crippen LogP contribution in [0.3, 0.4) is 0 Å². The molecule has 0 N–H and O–H groups in total. The first-order valence-electron chi connectivity index (χ1n) is 4.66. The van der Waals surface area contributed by atoms with Crippen LogP contribution in [0.15, 0.2) is 24.3 Å². The maximum Gasteiger partial charge on any atom is 0.118 e. The van der Waals surface area contributed by atoms with Crippen molar-refractivity contribution in [1.29, 1.82) is 5.26 Å². The van der Waals surface area contributed by atoms with Crippen LogP contribution in [-0.4, -0.2) is 7.04 Å². The Balaban J connectivity index is 2.70. The molecule has 1 aromatic carbocycles. The molecule has 0 saturated heterocycles. The lowest BCUT2D eigenvalue weighted by molar-refractivity contribution is 0.414. The molecule has 0 radical (unpaired) electrons. The minimum Gasteiger partial charge on any atom is -0.497 e. The van der Waals surface area contributed by atoms with E-state index < -0.39 is 7.04 Å². The van der Waals surface area contributed by atoms with Gasteiger partial charge in [-0.3, -0.25) is 0 Å². The molecule has 1 aromatic rings. The second kappa shape index (κ2) is 3.62. The predicted octanol–water partition coefficient (Wildman–Crippen LogP) is 1.76. The van der Waals surface area contributed by atoms with Crippen molar-refractivity contribution in [3.05, 3.63) is 29.8 Å². The quantitative estimate of drug-likeness (QED) is 0.643. The van der Waals surface area contributed by atoms with E-state index in [1.807, 2.05) is 6.07 Å². The Labute approximate surface area is 70.2 Å². The Hall–Kier alpha value is -1.49. The second-order valence-corrected chi connectivity index (χ2v) is 2.08. The van der Waals surface area contributed by atoms with Crippen LogP contribution in [0.2, 0.25) is 0 Å². The van der Waals surface area contributed by atoms with Gasteiger partial charge in [-0.1, -0.05) is 12.1 Å². The summed E-state index contributed by atoms with van der Waals surface area (Å²) in [4.78, 5) is 0. The molecule has 0 aliphatic heterocycles. The van der Waals surface area contributed by atoms with Crippen LogP contribution in [0.25, 0.3) is 0 Å². The number of nitrogens with zero attached hydrogens (tertiary/aromatic N) is 1. The monoisotopic (exact) mass is 150 g/mol. The first-order chi connectivity index (χ1) is 6.51. The maximum absolute atomic E-state index is 8.40. The molecule has 0 amide bonds. The number of hydrogen-bond donors (Lipinski definition) is 0. The van der Waals surface area contributed by atoms with Crippen molar-refractivity contribution in [2.45, 2.75) is 6.42 Å². The molecule has 0 heterocycles. The van der Waals surface area contributed by atoms with Gasteiger partial charge in [-0.15, -0.1) is 0 Å². The lowest BCUT2D eigenvalue weighted by atomic mass is 10.2. The summed E-state index contributed by atoms with van der Waals surface area (Å²) in [6.45, 7) is 0. The molecule has 0 spiro atoms. The highest BCUT2D eigenvalue weighted by Crippen LogP contribution is 2.10. The first-order valence-corrected chi connectivity index (χ1v) is 3.16. The fourth-order valence-electron chi connectivity index (χ4n) is 0.767. The van der Waals surface area contributed by atoms with Crippen LogP contribution >= 0.6 is 0 Å². The molecular weight excluding hydrogens is 138 g/mol. The zero-order valence-corrected chi connectivity index (χ0v) is 5.87. The molecule has 0 atom stereocenters. The molecule has 0 unspecified atom stereocenters. The summed E-state index contributed by atoms with van der Waals surface area (Å²) in [5.74, 6) is 0.284. The molecule has 0 bridgehead atoms. The molecule has 0 fully saturated rings. The van der Waals surface area contributed by atoms with E-state index in [-0.39, 0.29) is 5.75 Å². The number of benzene rings is 1. The highest BCUT2D eigenvalue weighted by atomic mass is 16.5. The molecule has 0 aliphatic rings. The fourth-order valence-corrected chi connectivity index (χ4v) is 0.767. The normalized spacial score (nSPS) is 13.9. The first kappa shape index (κ1) is 4.40. The van der Waals surface area contributed by atoms with E-state index in [0.29, 0.717) is 6.42 Å². The summed E-state index contributed by atoms with van der Waals surface area (Å²) in [6.07, 6.45) is 0.314. The predicted molar refractivity (Wildman–Crippen MR) is 42.3 cm³/mol. The molecule has 0 aliphatic carbocycles. The minimum absolute atomic E-state index is 0.284. The largest absolute Gasteiger partial charge is 0.497 e. The lowest BCUT2D eigenvalue weighted by Gasteiger charge is -1.98. The highest BCUT2D eigenvalue weighted by Gasteiger charge is 1.91. The van der Waals surface area contributed by atoms with Crippen LogP contribution in [0.1, 0.15) is 9.68 Å². The van der Waals surface area contributed by atoms with Gasteiger partial charge in [0, 0.05) is 0 Å². The smallest absolute Gasteiger partial charge is 0.118 e. The summed E-state index contributed by atoms with van der Waals surface area (Å²) in [6, 6.07) is 8.42. The maximum atomic E-state index is 8.40. The Kier molecular flexibility index (Phi) is 1.45. The molecule has 2 nitrogen and oxygen atoms in total. The van der Waals surface area contributed by atoms with Gasteiger partial charge in [-0.05, 0) is 17.7 Å². The highest BCUT2D eigenvalue weighted by molar-refractivity contribution is 5.28. The minimum atomic E-state index is -2.42. The van der Waals surface area contributed by atoms with Crippen LogP contribution in [-0.2, 0) is 6.42 Å². The van der Waals surface area contributed by atoms with Gasteiger partial charge < -0.3 is 4.74 Å². The summed E-state index contributed by atoms with van der Waals surface area (Å²) in [7, 11) is -2.42. The van der Waals surface area contributed by atoms with E-state index in [0.717, 1.165) is 5.56 Å². The van der Waals surface area contributed by atoms with Crippen LogP contribution < -0.4 is 4.74 Å². The fraction of sp³-hybridized carbons (Fsp3) is 0.222. The summed E-state index contributed by atoms with van der Waals surface area (Å²) in [5, 5.41) is 8.40. The van der Waals surface area contributed by atoms with E-state index in [9.17, 15) is 0 Å². The van der Waals surface area contributed by atoms with Crippen molar-refractivity contribution in [3.8, 4) is 11.8 Å². The zero-order chi connectivity index (χ0) is 10.6. The molecule has 0 aromatic heterocycles. The van der Waals surface area contributed by atoms with Crippen molar-refractivity contribution < 1.29 is 8.85 Å². The third-order valence-corrected chi connectivity index (χ3v) is 1.32. The van der Waals surface area contributed by atoms with Gasteiger partial charge >= 0.3 is 0 Å². The third-order valence-electron chi connectivity index (χ3n) is 1.32. The molecule has 2 heteroatoms. The number of methoxy groups -OCH3 is 1. The molecule has 1 rings (SSSR count). The molecule has 0 saturated carbocycles. The van der Waals surface area contributed by atoms with E-state index in [4.69, 9.17) is 9.37 Å². The lowest BCUT2D eigenvalue weighted by Crippen LogP contribution is -1.84. The van der Waals surface area contributed by atoms with E-state index in [1.54, 1.807) is 24.3 Å². The Bertz CT molecular complexity index is 337. The van der Waals surface area contributed by atoms with Gasteiger partial charge in [0.15, 0.2) is 0 Å². The van der Waals surface area contributed by atoms with Crippen molar-refractivity contribution >= 4 is 0 Å². The van der Waals surface area contributed by atoms with Gasteiger partial charge in [0.2, 0.25) is 0 Å². The average Bonchev–Trinajstić information content (AvgIpc) is 2.06. The topological polar surface area (TPSA) is 33.0 Å². The Morgan fingerprint density at radius 1 is 1.55 bits per heavy atom. The Morgan fingerprint density at radius 2 is 2.27 bits per heavy atom. The molecular formula is C9H9NO. The average molecular weight is 150 g/mol. The molecule has 56 valence electrons. The van der Waals surface area contributed by atoms with Gasteiger partial charge in [0.05, 0.1) is 23.6 Å². The SMILES string of the molecule is [2H]C([2H])([2H])Oc1ccc(CC#N)cc1. The second-order valence-electron chi connectivity index (χ2n) is 2.08. The zero-order valence-electron chi connectivity index (χ0n) is 8.87. The third kappa shape index (κ3) is 1.98. The van der Waals surface area contributed by atoms with Gasteiger partial charge in [0.1, 0.15) is 5.75 Å². The number of hydrogen-bond acceptors (Lipinski definition) is 2. The van der Waals surface area contributed by atoms with Gasteiger partial charge in [0.25, 0.3) is 0 Å². The Morgan fingerprint density at radius 3 is 2.82 bits per heavy atom. The summed E-state index contributed by atoms with van der Waals surface area (Å²) < 4.78 is 25.2. The van der Waals surface area contributed by atoms with Crippen molar-refractivity contribution in [1.82, 2.24) is 0 Å². The van der Waals surface area contributed by atoms with Gasteiger partial charge in [-0.25, -0.2) is 0 Å². The molecule has 11 heavy (non-hydrogen) atoms. The van der Waals surface area contributed by atoms with E-state index in [1.165, 1.54) is 0 Å². The summed E-state index contributed by atoms with van der Waals surface area (Å²) in [5.41, 5.74) is 0.838. The van der Waals surface area contributed by atoms with E-state index in [2.05, 4.69) is 4.74 Å². The van der Waals surface area contributed by atoms with Crippen LogP contribution in [0.5, 0.6) is 5.75 Å². The van der Waals surface area contributed by atoms with Crippen molar-refractivity contribution in [2.24, 2.45) is 0 Å².